The summed E-state index contributed by atoms with van der Waals surface area (Å²) in [6.45, 7) is 9.79. The van der Waals surface area contributed by atoms with E-state index in [1.807, 2.05) is 0 Å². The molecule has 1 aromatic heterocycles. The molecule has 0 unspecified atom stereocenters. The summed E-state index contributed by atoms with van der Waals surface area (Å²) < 4.78 is 14.0. The number of piperidine rings is 1. The van der Waals surface area contributed by atoms with Crippen LogP contribution in [0, 0.1) is 11.7 Å². The van der Waals surface area contributed by atoms with Gasteiger partial charge in [0.05, 0.1) is 5.56 Å². The van der Waals surface area contributed by atoms with Crippen LogP contribution in [0.3, 0.4) is 0 Å². The maximum Gasteiger partial charge on any atom is 0.195 e. The van der Waals surface area contributed by atoms with Crippen molar-refractivity contribution in [3.63, 3.8) is 0 Å². The lowest BCUT2D eigenvalue weighted by atomic mass is 9.94. The molecule has 0 saturated carbocycles. The first-order valence-corrected chi connectivity index (χ1v) is 12.1. The molecular formula is C26H34N4O2S. The van der Waals surface area contributed by atoms with Gasteiger partial charge >= 0.3 is 0 Å². The first-order chi connectivity index (χ1) is 16.0. The van der Waals surface area contributed by atoms with Crippen LogP contribution in [0.1, 0.15) is 55.3 Å². The van der Waals surface area contributed by atoms with Gasteiger partial charge in [0.25, 0.3) is 0 Å². The van der Waals surface area contributed by atoms with Crippen LogP contribution in [0.25, 0.3) is 11.4 Å². The topological polar surface area (TPSA) is 55.3 Å². The number of H-pyrrole nitrogens is 1. The quantitative estimate of drug-likeness (QED) is 0.333. The Kier molecular flexibility index (Phi) is 7.63. The molecule has 0 spiro atoms. The number of hydrogen-bond acceptors (Lipinski definition) is 5. The van der Waals surface area contributed by atoms with E-state index in [0.717, 1.165) is 49.6 Å². The molecule has 3 aromatic rings. The largest absolute Gasteiger partial charge is 0.467 e. The van der Waals surface area contributed by atoms with Crippen LogP contribution in [-0.2, 0) is 11.3 Å². The second-order valence-electron chi connectivity index (χ2n) is 9.13. The van der Waals surface area contributed by atoms with Crippen molar-refractivity contribution < 1.29 is 9.47 Å². The van der Waals surface area contributed by atoms with Crippen LogP contribution in [0.15, 0.2) is 42.5 Å². The number of likely N-dealkylation sites (tertiary alicyclic amines) is 1. The van der Waals surface area contributed by atoms with E-state index in [1.165, 1.54) is 16.7 Å². The lowest BCUT2D eigenvalue weighted by Gasteiger charge is -2.33. The van der Waals surface area contributed by atoms with Gasteiger partial charge in [0, 0.05) is 32.8 Å². The predicted octanol–water partition coefficient (Wildman–Crippen LogP) is 5.86. The fraction of sp³-hybridized carbons (Fsp3) is 0.462. The third kappa shape index (κ3) is 5.37. The number of hydrogen-bond donors (Lipinski definition) is 1. The SMILES string of the molecule is COCOc1cc(C)c(C(C)C)cc1-c1n[nH]c(=S)n1C1CCN(Cc2ccccc2)CC1. The van der Waals surface area contributed by atoms with E-state index in [9.17, 15) is 0 Å². The van der Waals surface area contributed by atoms with Crippen LogP contribution >= 0.6 is 12.2 Å². The Balaban J connectivity index is 1.61. The molecule has 0 radical (unpaired) electrons. The summed E-state index contributed by atoms with van der Waals surface area (Å²) >= 11 is 5.69. The van der Waals surface area contributed by atoms with Gasteiger partial charge in [-0.15, -0.1) is 0 Å². The van der Waals surface area contributed by atoms with E-state index in [4.69, 9.17) is 21.7 Å². The molecule has 2 aromatic carbocycles. The third-order valence-corrected chi connectivity index (χ3v) is 6.73. The molecule has 1 aliphatic rings. The number of aryl methyl sites for hydroxylation is 1. The lowest BCUT2D eigenvalue weighted by molar-refractivity contribution is 0.0514. The summed E-state index contributed by atoms with van der Waals surface area (Å²) in [7, 11) is 1.63. The molecule has 0 bridgehead atoms. The molecular weight excluding hydrogens is 432 g/mol. The van der Waals surface area contributed by atoms with Crippen LogP contribution in [-0.4, -0.2) is 46.7 Å². The number of ether oxygens (including phenoxy) is 2. The highest BCUT2D eigenvalue weighted by Gasteiger charge is 2.26. The molecule has 0 amide bonds. The summed E-state index contributed by atoms with van der Waals surface area (Å²) in [6.07, 6.45) is 2.07. The molecule has 1 N–H and O–H groups in total. The second kappa shape index (κ2) is 10.6. The van der Waals surface area contributed by atoms with E-state index in [-0.39, 0.29) is 6.79 Å². The molecule has 4 rings (SSSR count). The van der Waals surface area contributed by atoms with Gasteiger partial charge in [0.2, 0.25) is 0 Å². The lowest BCUT2D eigenvalue weighted by Crippen LogP contribution is -2.34. The second-order valence-corrected chi connectivity index (χ2v) is 9.51. The normalized spacial score (nSPS) is 15.3. The minimum atomic E-state index is 0.191. The Morgan fingerprint density at radius 3 is 2.55 bits per heavy atom. The van der Waals surface area contributed by atoms with Gasteiger partial charge in [-0.05, 0) is 66.7 Å². The number of methoxy groups -OCH3 is 1. The molecule has 6 nitrogen and oxygen atoms in total. The van der Waals surface area contributed by atoms with Crippen molar-refractivity contribution in [1.82, 2.24) is 19.7 Å². The number of rotatable bonds is 8. The predicted molar refractivity (Wildman–Crippen MR) is 134 cm³/mol. The van der Waals surface area contributed by atoms with Crippen LogP contribution in [0.5, 0.6) is 5.75 Å². The zero-order valence-corrected chi connectivity index (χ0v) is 20.8. The van der Waals surface area contributed by atoms with E-state index in [1.54, 1.807) is 7.11 Å². The van der Waals surface area contributed by atoms with Crippen molar-refractivity contribution in [2.75, 3.05) is 27.0 Å². The van der Waals surface area contributed by atoms with Crippen molar-refractivity contribution in [2.24, 2.45) is 0 Å². The van der Waals surface area contributed by atoms with Gasteiger partial charge < -0.3 is 9.47 Å². The molecule has 0 atom stereocenters. The minimum absolute atomic E-state index is 0.191. The molecule has 2 heterocycles. The Morgan fingerprint density at radius 1 is 1.15 bits per heavy atom. The van der Waals surface area contributed by atoms with Crippen molar-refractivity contribution in [2.45, 2.75) is 52.1 Å². The van der Waals surface area contributed by atoms with Gasteiger partial charge in [-0.1, -0.05) is 44.2 Å². The fourth-order valence-electron chi connectivity index (χ4n) is 4.75. The maximum atomic E-state index is 5.96. The summed E-state index contributed by atoms with van der Waals surface area (Å²) in [5.74, 6) is 2.02. The number of nitrogens with one attached hydrogen (secondary N) is 1. The number of nitrogens with zero attached hydrogens (tertiary/aromatic N) is 3. The number of benzene rings is 2. The van der Waals surface area contributed by atoms with E-state index in [0.29, 0.717) is 16.7 Å². The Labute approximate surface area is 201 Å². The van der Waals surface area contributed by atoms with Gasteiger partial charge in [-0.3, -0.25) is 14.6 Å². The average molecular weight is 467 g/mol. The smallest absolute Gasteiger partial charge is 0.195 e. The number of aromatic amines is 1. The molecule has 1 fully saturated rings. The zero-order chi connectivity index (χ0) is 23.4. The van der Waals surface area contributed by atoms with Crippen molar-refractivity contribution in [3.05, 3.63) is 63.9 Å². The molecule has 1 saturated heterocycles. The Bertz CT molecular complexity index is 1120. The fourth-order valence-corrected chi connectivity index (χ4v) is 5.03. The summed E-state index contributed by atoms with van der Waals surface area (Å²) in [6, 6.07) is 15.3. The van der Waals surface area contributed by atoms with Crippen LogP contribution < -0.4 is 4.74 Å². The van der Waals surface area contributed by atoms with Crippen LogP contribution in [0.2, 0.25) is 0 Å². The van der Waals surface area contributed by atoms with Crippen molar-refractivity contribution >= 4 is 12.2 Å². The maximum absolute atomic E-state index is 5.96. The van der Waals surface area contributed by atoms with Crippen molar-refractivity contribution in [1.29, 1.82) is 0 Å². The highest BCUT2D eigenvalue weighted by molar-refractivity contribution is 7.71. The van der Waals surface area contributed by atoms with Gasteiger partial charge in [-0.2, -0.15) is 5.10 Å². The van der Waals surface area contributed by atoms with Gasteiger partial charge in [0.15, 0.2) is 17.4 Å². The van der Waals surface area contributed by atoms with E-state index >= 15 is 0 Å². The van der Waals surface area contributed by atoms with E-state index < -0.39 is 0 Å². The summed E-state index contributed by atoms with van der Waals surface area (Å²) in [4.78, 5) is 2.52. The Hall–Kier alpha value is -2.48. The van der Waals surface area contributed by atoms with E-state index in [2.05, 4.69) is 82.9 Å². The third-order valence-electron chi connectivity index (χ3n) is 6.44. The molecule has 1 aliphatic heterocycles. The summed E-state index contributed by atoms with van der Waals surface area (Å²) in [5.41, 5.74) is 4.81. The minimum Gasteiger partial charge on any atom is -0.467 e. The zero-order valence-electron chi connectivity index (χ0n) is 20.0. The van der Waals surface area contributed by atoms with Gasteiger partial charge in [0.1, 0.15) is 5.75 Å². The molecule has 33 heavy (non-hydrogen) atoms. The van der Waals surface area contributed by atoms with Crippen LogP contribution in [0.4, 0.5) is 0 Å². The Morgan fingerprint density at radius 2 is 1.88 bits per heavy atom. The molecule has 0 aliphatic carbocycles. The monoisotopic (exact) mass is 466 g/mol. The highest BCUT2D eigenvalue weighted by atomic mass is 32.1. The molecule has 176 valence electrons. The highest BCUT2D eigenvalue weighted by Crippen LogP contribution is 2.37. The van der Waals surface area contributed by atoms with Gasteiger partial charge in [-0.25, -0.2) is 0 Å². The number of aromatic nitrogens is 3. The molecule has 7 heteroatoms. The average Bonchev–Trinajstić information content (AvgIpc) is 3.19. The first kappa shape index (κ1) is 23.7. The standard InChI is InChI=1S/C26H34N4O2S/c1-18(2)22-15-23(24(14-19(22)3)32-17-31-4)25-27-28-26(33)30(25)21-10-12-29(13-11-21)16-20-8-6-5-7-9-20/h5-9,14-15,18,21H,10-13,16-17H2,1-4H3,(H,28,33). The van der Waals surface area contributed by atoms with Crippen molar-refractivity contribution in [3.8, 4) is 17.1 Å². The summed E-state index contributed by atoms with van der Waals surface area (Å²) in [5, 5.41) is 7.70. The first-order valence-electron chi connectivity index (χ1n) is 11.7.